The number of rotatable bonds is 7. The first-order valence-corrected chi connectivity index (χ1v) is 6.15. The van der Waals surface area contributed by atoms with Gasteiger partial charge in [0.05, 0.1) is 18.0 Å². The minimum absolute atomic E-state index is 0.213. The highest BCUT2D eigenvalue weighted by Crippen LogP contribution is 2.16. The number of carbonyl (C=O) groups is 1. The van der Waals surface area contributed by atoms with Crippen molar-refractivity contribution in [3.8, 4) is 0 Å². The fourth-order valence-electron chi connectivity index (χ4n) is 1.72. The molecule has 0 atom stereocenters. The second kappa shape index (κ2) is 7.00. The molecule has 0 aliphatic rings. The zero-order chi connectivity index (χ0) is 13.5. The molecular formula is C12H21N3O3. The molecule has 1 aromatic rings. The van der Waals surface area contributed by atoms with Gasteiger partial charge in [-0.2, -0.15) is 5.10 Å². The van der Waals surface area contributed by atoms with E-state index in [0.717, 1.165) is 25.7 Å². The summed E-state index contributed by atoms with van der Waals surface area (Å²) in [5, 5.41) is 12.7. The molecule has 1 heterocycles. The normalized spacial score (nSPS) is 10.6. The third kappa shape index (κ3) is 3.73. The third-order valence-corrected chi connectivity index (χ3v) is 2.75. The van der Waals surface area contributed by atoms with Crippen LogP contribution >= 0.6 is 0 Å². The van der Waals surface area contributed by atoms with E-state index in [2.05, 4.69) is 5.10 Å². The average molecular weight is 255 g/mol. The van der Waals surface area contributed by atoms with Crippen LogP contribution in [0, 0.1) is 6.92 Å². The number of aryl methyl sites for hydroxylation is 2. The number of hydrogen-bond donors (Lipinski definition) is 2. The Balaban J connectivity index is 2.37. The van der Waals surface area contributed by atoms with E-state index in [0.29, 0.717) is 23.7 Å². The van der Waals surface area contributed by atoms with Gasteiger partial charge in [0.1, 0.15) is 0 Å². The Hall–Kier alpha value is -1.56. The molecule has 0 fully saturated rings. The molecule has 1 rings (SSSR count). The summed E-state index contributed by atoms with van der Waals surface area (Å²) in [5.74, 6) is -0.433. The maximum atomic E-state index is 11.8. The monoisotopic (exact) mass is 255 g/mol. The van der Waals surface area contributed by atoms with Crippen molar-refractivity contribution < 1.29 is 14.6 Å². The molecular weight excluding hydrogens is 234 g/mol. The number of aliphatic hydroxyl groups is 1. The second-order valence-electron chi connectivity index (χ2n) is 4.25. The van der Waals surface area contributed by atoms with Crippen molar-refractivity contribution in [2.24, 2.45) is 7.05 Å². The molecule has 1 aromatic heterocycles. The third-order valence-electron chi connectivity index (χ3n) is 2.75. The summed E-state index contributed by atoms with van der Waals surface area (Å²) in [4.78, 5) is 11.8. The summed E-state index contributed by atoms with van der Waals surface area (Å²) in [7, 11) is 1.67. The number of unbranched alkanes of at least 4 members (excludes halogenated alkanes) is 3. The quantitative estimate of drug-likeness (QED) is 0.560. The number of carbonyl (C=O) groups excluding carboxylic acids is 1. The van der Waals surface area contributed by atoms with E-state index < -0.39 is 5.97 Å². The molecule has 3 N–H and O–H groups in total. The van der Waals surface area contributed by atoms with Crippen LogP contribution in [0.15, 0.2) is 0 Å². The van der Waals surface area contributed by atoms with Crippen molar-refractivity contribution in [3.05, 3.63) is 11.4 Å². The highest BCUT2D eigenvalue weighted by Gasteiger charge is 2.18. The Morgan fingerprint density at radius 2 is 2.06 bits per heavy atom. The Kier molecular flexibility index (Phi) is 5.64. The molecule has 0 unspecified atom stereocenters. The summed E-state index contributed by atoms with van der Waals surface area (Å²) in [5.41, 5.74) is 7.08. The van der Waals surface area contributed by atoms with E-state index in [1.165, 1.54) is 4.68 Å². The van der Waals surface area contributed by atoms with Crippen LogP contribution in [0.2, 0.25) is 0 Å². The van der Waals surface area contributed by atoms with Gasteiger partial charge in [-0.1, -0.05) is 6.42 Å². The van der Waals surface area contributed by atoms with E-state index in [1.807, 2.05) is 0 Å². The summed E-state index contributed by atoms with van der Waals surface area (Å²) >= 11 is 0. The van der Waals surface area contributed by atoms with Crippen LogP contribution in [0.4, 0.5) is 5.69 Å². The van der Waals surface area contributed by atoms with Crippen LogP contribution < -0.4 is 5.73 Å². The van der Waals surface area contributed by atoms with Gasteiger partial charge >= 0.3 is 5.97 Å². The molecule has 0 saturated heterocycles. The molecule has 0 bridgehead atoms. The molecule has 0 aromatic carbocycles. The lowest BCUT2D eigenvalue weighted by Crippen LogP contribution is -2.13. The largest absolute Gasteiger partial charge is 0.461 e. The maximum absolute atomic E-state index is 11.8. The molecule has 102 valence electrons. The summed E-state index contributed by atoms with van der Waals surface area (Å²) in [6, 6.07) is 0. The Morgan fingerprint density at radius 3 is 2.61 bits per heavy atom. The number of nitrogen functional groups attached to an aromatic ring is 1. The molecule has 0 aliphatic carbocycles. The van der Waals surface area contributed by atoms with Crippen LogP contribution in [0.1, 0.15) is 41.9 Å². The van der Waals surface area contributed by atoms with Gasteiger partial charge in [-0.15, -0.1) is 0 Å². The Labute approximate surface area is 107 Å². The number of anilines is 1. The van der Waals surface area contributed by atoms with Crippen molar-refractivity contribution in [3.63, 3.8) is 0 Å². The predicted molar refractivity (Wildman–Crippen MR) is 68.2 cm³/mol. The first kappa shape index (κ1) is 14.5. The summed E-state index contributed by atoms with van der Waals surface area (Å²) in [6.07, 6.45) is 3.47. The van der Waals surface area contributed by atoms with Crippen LogP contribution in [0.25, 0.3) is 0 Å². The van der Waals surface area contributed by atoms with Gasteiger partial charge in [-0.3, -0.25) is 4.68 Å². The van der Waals surface area contributed by atoms with Gasteiger partial charge in [-0.25, -0.2) is 4.79 Å². The Morgan fingerprint density at radius 1 is 1.39 bits per heavy atom. The highest BCUT2D eigenvalue weighted by molar-refractivity contribution is 5.93. The van der Waals surface area contributed by atoms with E-state index in [-0.39, 0.29) is 6.61 Å². The van der Waals surface area contributed by atoms with Crippen LogP contribution in [-0.4, -0.2) is 34.1 Å². The standard InChI is InChI=1S/C12H21N3O3/c1-9-10(13)11(15(2)14-9)12(17)18-8-6-4-3-5-7-16/h16H,3-8,13H2,1-2H3. The summed E-state index contributed by atoms with van der Waals surface area (Å²) < 4.78 is 6.58. The van der Waals surface area contributed by atoms with Crippen molar-refractivity contribution in [1.82, 2.24) is 9.78 Å². The van der Waals surface area contributed by atoms with Crippen molar-refractivity contribution in [2.75, 3.05) is 18.9 Å². The number of aliphatic hydroxyl groups excluding tert-OH is 1. The van der Waals surface area contributed by atoms with Gasteiger partial charge in [0.2, 0.25) is 0 Å². The van der Waals surface area contributed by atoms with Gasteiger partial charge in [0, 0.05) is 13.7 Å². The van der Waals surface area contributed by atoms with Crippen LogP contribution in [0.5, 0.6) is 0 Å². The van der Waals surface area contributed by atoms with Gasteiger partial charge in [-0.05, 0) is 26.2 Å². The number of nitrogens with two attached hydrogens (primary N) is 1. The molecule has 6 nitrogen and oxygen atoms in total. The lowest BCUT2D eigenvalue weighted by molar-refractivity contribution is 0.0486. The molecule has 0 radical (unpaired) electrons. The topological polar surface area (TPSA) is 90.4 Å². The van der Waals surface area contributed by atoms with Crippen LogP contribution in [-0.2, 0) is 11.8 Å². The average Bonchev–Trinajstić information content (AvgIpc) is 2.58. The Bertz CT molecular complexity index is 402. The van der Waals surface area contributed by atoms with E-state index in [4.69, 9.17) is 15.6 Å². The minimum atomic E-state index is -0.433. The lowest BCUT2D eigenvalue weighted by atomic mass is 10.2. The summed E-state index contributed by atoms with van der Waals surface area (Å²) in [6.45, 7) is 2.33. The van der Waals surface area contributed by atoms with E-state index >= 15 is 0 Å². The zero-order valence-electron chi connectivity index (χ0n) is 11.0. The number of hydrogen-bond acceptors (Lipinski definition) is 5. The van der Waals surface area contributed by atoms with Crippen molar-refractivity contribution in [1.29, 1.82) is 0 Å². The van der Waals surface area contributed by atoms with Crippen molar-refractivity contribution in [2.45, 2.75) is 32.6 Å². The molecule has 0 aliphatic heterocycles. The first-order chi connectivity index (χ1) is 8.57. The molecule has 18 heavy (non-hydrogen) atoms. The lowest BCUT2D eigenvalue weighted by Gasteiger charge is -2.05. The van der Waals surface area contributed by atoms with Gasteiger partial charge < -0.3 is 15.6 Å². The SMILES string of the molecule is Cc1nn(C)c(C(=O)OCCCCCCO)c1N. The smallest absolute Gasteiger partial charge is 0.358 e. The molecule has 0 spiro atoms. The van der Waals surface area contributed by atoms with Gasteiger partial charge in [0.15, 0.2) is 5.69 Å². The predicted octanol–water partition coefficient (Wildman–Crippen LogP) is 1.02. The molecule has 0 amide bonds. The van der Waals surface area contributed by atoms with Crippen LogP contribution in [0.3, 0.4) is 0 Å². The van der Waals surface area contributed by atoms with Crippen molar-refractivity contribution >= 4 is 11.7 Å². The second-order valence-corrected chi connectivity index (χ2v) is 4.25. The minimum Gasteiger partial charge on any atom is -0.461 e. The number of esters is 1. The maximum Gasteiger partial charge on any atom is 0.358 e. The first-order valence-electron chi connectivity index (χ1n) is 6.15. The van der Waals surface area contributed by atoms with E-state index in [9.17, 15) is 4.79 Å². The van der Waals surface area contributed by atoms with E-state index in [1.54, 1.807) is 14.0 Å². The fourth-order valence-corrected chi connectivity index (χ4v) is 1.72. The zero-order valence-corrected chi connectivity index (χ0v) is 11.0. The molecule has 0 saturated carbocycles. The molecule has 6 heteroatoms. The highest BCUT2D eigenvalue weighted by atomic mass is 16.5. The number of nitrogens with zero attached hydrogens (tertiary/aromatic N) is 2. The number of aromatic nitrogens is 2. The van der Waals surface area contributed by atoms with Gasteiger partial charge in [0.25, 0.3) is 0 Å². The number of ether oxygens (including phenoxy) is 1. The fraction of sp³-hybridized carbons (Fsp3) is 0.667.